The third kappa shape index (κ3) is 5.07. The summed E-state index contributed by atoms with van der Waals surface area (Å²) >= 11 is 5.88. The van der Waals surface area contributed by atoms with Gasteiger partial charge in [0.15, 0.2) is 0 Å². The van der Waals surface area contributed by atoms with Crippen LogP contribution in [-0.4, -0.2) is 22.8 Å². The number of halogens is 1. The van der Waals surface area contributed by atoms with Crippen LogP contribution in [0.1, 0.15) is 43.4 Å². The highest BCUT2D eigenvalue weighted by Crippen LogP contribution is 2.23. The van der Waals surface area contributed by atoms with Crippen LogP contribution in [0.5, 0.6) is 0 Å². The smallest absolute Gasteiger partial charge is 0.222 e. The molecule has 1 amide bonds. The Labute approximate surface area is 143 Å². The molecule has 1 heterocycles. The summed E-state index contributed by atoms with van der Waals surface area (Å²) in [6.07, 6.45) is 6.76. The molecule has 2 rings (SSSR count). The van der Waals surface area contributed by atoms with Crippen LogP contribution < -0.4 is 0 Å². The molecule has 0 fully saturated rings. The number of aromatic nitrogens is 1. The van der Waals surface area contributed by atoms with Crippen molar-refractivity contribution in [2.45, 2.75) is 38.6 Å². The molecule has 3 nitrogen and oxygen atoms in total. The van der Waals surface area contributed by atoms with E-state index < -0.39 is 0 Å². The van der Waals surface area contributed by atoms with Crippen LogP contribution in [0, 0.1) is 0 Å². The van der Waals surface area contributed by atoms with E-state index >= 15 is 0 Å². The van der Waals surface area contributed by atoms with E-state index in [1.807, 2.05) is 54.5 Å². The predicted molar refractivity (Wildman–Crippen MR) is 94.4 cm³/mol. The molecule has 0 saturated heterocycles. The lowest BCUT2D eigenvalue weighted by molar-refractivity contribution is -0.132. The number of hydrogen-bond acceptors (Lipinski definition) is 2. The lowest BCUT2D eigenvalue weighted by Crippen LogP contribution is -2.30. The molecule has 1 unspecified atom stereocenters. The molecule has 0 saturated carbocycles. The monoisotopic (exact) mass is 330 g/mol. The summed E-state index contributed by atoms with van der Waals surface area (Å²) in [7, 11) is 1.88. The second-order valence-electron chi connectivity index (χ2n) is 5.70. The van der Waals surface area contributed by atoms with Crippen LogP contribution in [0.2, 0.25) is 5.02 Å². The van der Waals surface area contributed by atoms with Crippen molar-refractivity contribution in [1.82, 2.24) is 9.88 Å². The zero-order chi connectivity index (χ0) is 16.7. The van der Waals surface area contributed by atoms with Gasteiger partial charge in [-0.05, 0) is 48.6 Å². The molecule has 23 heavy (non-hydrogen) atoms. The van der Waals surface area contributed by atoms with Gasteiger partial charge in [0.05, 0.1) is 6.04 Å². The Morgan fingerprint density at radius 2 is 2.00 bits per heavy atom. The average Bonchev–Trinajstić information content (AvgIpc) is 2.58. The third-order valence-corrected chi connectivity index (χ3v) is 4.34. The van der Waals surface area contributed by atoms with Gasteiger partial charge in [-0.25, -0.2) is 0 Å². The highest BCUT2D eigenvalue weighted by molar-refractivity contribution is 6.30. The lowest BCUT2D eigenvalue weighted by atomic mass is 10.0. The highest BCUT2D eigenvalue weighted by Gasteiger charge is 2.19. The molecule has 4 heteroatoms. The number of aryl methyl sites for hydroxylation is 1. The Hall–Kier alpha value is -1.87. The summed E-state index contributed by atoms with van der Waals surface area (Å²) in [5.74, 6) is 0.176. The molecule has 0 aliphatic rings. The molecule has 0 spiro atoms. The minimum atomic E-state index is 0.0896. The third-order valence-electron chi connectivity index (χ3n) is 4.09. The molecule has 0 aliphatic carbocycles. The molecular formula is C19H23ClN2O. The van der Waals surface area contributed by atoms with Crippen LogP contribution in [0.25, 0.3) is 0 Å². The number of benzene rings is 1. The van der Waals surface area contributed by atoms with Crippen LogP contribution in [0.15, 0.2) is 48.8 Å². The molecule has 122 valence electrons. The van der Waals surface area contributed by atoms with Crippen LogP contribution >= 0.6 is 11.6 Å². The minimum absolute atomic E-state index is 0.0896. The summed E-state index contributed by atoms with van der Waals surface area (Å²) in [5.41, 5.74) is 2.30. The van der Waals surface area contributed by atoms with Gasteiger partial charge in [-0.2, -0.15) is 0 Å². The van der Waals surface area contributed by atoms with E-state index in [0.717, 1.165) is 29.8 Å². The Morgan fingerprint density at radius 1 is 1.26 bits per heavy atom. The number of rotatable bonds is 7. The summed E-state index contributed by atoms with van der Waals surface area (Å²) in [4.78, 5) is 18.4. The van der Waals surface area contributed by atoms with Crippen molar-refractivity contribution in [3.8, 4) is 0 Å². The fourth-order valence-electron chi connectivity index (χ4n) is 2.75. The van der Waals surface area contributed by atoms with Gasteiger partial charge in [-0.15, -0.1) is 0 Å². The molecule has 0 bridgehead atoms. The maximum Gasteiger partial charge on any atom is 0.222 e. The Morgan fingerprint density at radius 3 is 2.61 bits per heavy atom. The fourth-order valence-corrected chi connectivity index (χ4v) is 2.88. The van der Waals surface area contributed by atoms with Crippen molar-refractivity contribution in [3.63, 3.8) is 0 Å². The lowest BCUT2D eigenvalue weighted by Gasteiger charge is -2.27. The van der Waals surface area contributed by atoms with Crippen LogP contribution in [0.4, 0.5) is 0 Å². The van der Waals surface area contributed by atoms with E-state index in [1.54, 1.807) is 6.20 Å². The van der Waals surface area contributed by atoms with E-state index in [-0.39, 0.29) is 11.9 Å². The van der Waals surface area contributed by atoms with Gasteiger partial charge >= 0.3 is 0 Å². The molecule has 2 aromatic rings. The second-order valence-corrected chi connectivity index (χ2v) is 6.13. The van der Waals surface area contributed by atoms with Crippen LogP contribution in [-0.2, 0) is 11.2 Å². The highest BCUT2D eigenvalue weighted by atomic mass is 35.5. The second kappa shape index (κ2) is 8.68. The first-order valence-electron chi connectivity index (χ1n) is 8.02. The molecule has 1 aromatic heterocycles. The van der Waals surface area contributed by atoms with Gasteiger partial charge in [-0.1, -0.05) is 36.7 Å². The first-order valence-corrected chi connectivity index (χ1v) is 8.39. The summed E-state index contributed by atoms with van der Waals surface area (Å²) in [6.45, 7) is 2.09. The molecule has 1 aromatic carbocycles. The van der Waals surface area contributed by atoms with Gasteiger partial charge in [0.25, 0.3) is 0 Å². The number of carbonyl (C=O) groups excluding carboxylic acids is 1. The summed E-state index contributed by atoms with van der Waals surface area (Å²) < 4.78 is 0. The van der Waals surface area contributed by atoms with Crippen LogP contribution in [0.3, 0.4) is 0 Å². The average molecular weight is 331 g/mol. The van der Waals surface area contributed by atoms with Crippen molar-refractivity contribution >= 4 is 17.5 Å². The maximum atomic E-state index is 12.4. The van der Waals surface area contributed by atoms with Gasteiger partial charge in [0, 0.05) is 30.9 Å². The zero-order valence-electron chi connectivity index (χ0n) is 13.7. The molecular weight excluding hydrogens is 308 g/mol. The van der Waals surface area contributed by atoms with E-state index in [2.05, 4.69) is 11.9 Å². The number of carbonyl (C=O) groups is 1. The van der Waals surface area contributed by atoms with Crippen molar-refractivity contribution in [2.24, 2.45) is 0 Å². The van der Waals surface area contributed by atoms with Crippen molar-refractivity contribution < 1.29 is 4.79 Å². The Kier molecular flexibility index (Phi) is 6.60. The number of nitrogens with zero attached hydrogens (tertiary/aromatic N) is 2. The molecule has 0 radical (unpaired) electrons. The fraction of sp³-hybridized carbons (Fsp3) is 0.368. The van der Waals surface area contributed by atoms with Crippen molar-refractivity contribution in [3.05, 3.63) is 64.9 Å². The standard InChI is InChI=1S/C19H23ClN2O/c1-3-18(16-7-5-13-21-14-16)22(2)19(23)8-4-6-15-9-11-17(20)12-10-15/h5,7,9-14,18H,3-4,6,8H2,1-2H3. The van der Waals surface area contributed by atoms with Crippen molar-refractivity contribution in [2.75, 3.05) is 7.05 Å². The SMILES string of the molecule is CCC(c1cccnc1)N(C)C(=O)CCCc1ccc(Cl)cc1. The van der Waals surface area contributed by atoms with E-state index in [9.17, 15) is 4.79 Å². The largest absolute Gasteiger partial charge is 0.339 e. The first-order chi connectivity index (χ1) is 11.1. The Balaban J connectivity index is 1.87. The van der Waals surface area contributed by atoms with Gasteiger partial charge in [-0.3, -0.25) is 9.78 Å². The predicted octanol–water partition coefficient (Wildman–Crippen LogP) is 4.67. The van der Waals surface area contributed by atoms with Crippen molar-refractivity contribution in [1.29, 1.82) is 0 Å². The van der Waals surface area contributed by atoms with E-state index in [1.165, 1.54) is 5.56 Å². The number of hydrogen-bond donors (Lipinski definition) is 0. The van der Waals surface area contributed by atoms with E-state index in [4.69, 9.17) is 11.6 Å². The van der Waals surface area contributed by atoms with Gasteiger partial charge in [0.1, 0.15) is 0 Å². The number of pyridine rings is 1. The molecule has 1 atom stereocenters. The maximum absolute atomic E-state index is 12.4. The normalized spacial score (nSPS) is 12.0. The van der Waals surface area contributed by atoms with Gasteiger partial charge in [0.2, 0.25) is 5.91 Å². The molecule has 0 N–H and O–H groups in total. The molecule has 0 aliphatic heterocycles. The summed E-state index contributed by atoms with van der Waals surface area (Å²) in [6, 6.07) is 11.8. The van der Waals surface area contributed by atoms with E-state index in [0.29, 0.717) is 6.42 Å². The zero-order valence-corrected chi connectivity index (χ0v) is 14.5. The Bertz CT molecular complexity index is 613. The number of amides is 1. The van der Waals surface area contributed by atoms with Gasteiger partial charge < -0.3 is 4.90 Å². The first kappa shape index (κ1) is 17.5. The quantitative estimate of drug-likeness (QED) is 0.739. The summed E-state index contributed by atoms with van der Waals surface area (Å²) in [5, 5.41) is 0.742. The topological polar surface area (TPSA) is 33.2 Å². The minimum Gasteiger partial charge on any atom is -0.339 e.